The molecular weight excluding hydrogens is 292 g/mol. The van der Waals surface area contributed by atoms with E-state index in [1.54, 1.807) is 0 Å². The third-order valence-electron chi connectivity index (χ3n) is 4.72. The van der Waals surface area contributed by atoms with Gasteiger partial charge in [0.05, 0.1) is 5.69 Å². The third-order valence-corrected chi connectivity index (χ3v) is 4.72. The van der Waals surface area contributed by atoms with Crippen LogP contribution in [0, 0.1) is 0 Å². The van der Waals surface area contributed by atoms with Crippen LogP contribution in [0.4, 0.5) is 5.69 Å². The zero-order chi connectivity index (χ0) is 16.2. The Labute approximate surface area is 137 Å². The van der Waals surface area contributed by atoms with Gasteiger partial charge in [0.2, 0.25) is 5.91 Å². The van der Waals surface area contributed by atoms with Crippen molar-refractivity contribution in [1.82, 2.24) is 4.90 Å². The summed E-state index contributed by atoms with van der Waals surface area (Å²) in [5, 5.41) is 2.81. The van der Waals surface area contributed by atoms with Crippen LogP contribution < -0.4 is 10.1 Å². The fraction of sp³-hybridized carbons (Fsp3) is 0.556. The summed E-state index contributed by atoms with van der Waals surface area (Å²) in [6.45, 7) is 3.12. The van der Waals surface area contributed by atoms with E-state index in [1.807, 2.05) is 18.2 Å². The number of carbonyl (C=O) groups is 2. The van der Waals surface area contributed by atoms with E-state index in [0.29, 0.717) is 30.3 Å². The minimum atomic E-state index is -0.134. The molecule has 5 heteroatoms. The molecular formula is C18H24N2O3. The highest BCUT2D eigenvalue weighted by molar-refractivity contribution is 5.95. The zero-order valence-electron chi connectivity index (χ0n) is 13.6. The lowest BCUT2D eigenvalue weighted by atomic mass is 9.99. The maximum Gasteiger partial charge on any atom is 0.262 e. The fourth-order valence-corrected chi connectivity index (χ4v) is 3.43. The largest absolute Gasteiger partial charge is 0.482 e. The average molecular weight is 316 g/mol. The van der Waals surface area contributed by atoms with Crippen LogP contribution in [-0.2, 0) is 16.0 Å². The minimum absolute atomic E-state index is 0.0677. The Kier molecular flexibility index (Phi) is 4.84. The number of nitrogens with one attached hydrogen (secondary N) is 1. The number of rotatable bonds is 4. The van der Waals surface area contributed by atoms with Crippen molar-refractivity contribution in [1.29, 1.82) is 0 Å². The van der Waals surface area contributed by atoms with Crippen molar-refractivity contribution in [3.05, 3.63) is 23.8 Å². The molecule has 1 saturated heterocycles. The zero-order valence-corrected chi connectivity index (χ0v) is 13.6. The highest BCUT2D eigenvalue weighted by Crippen LogP contribution is 2.29. The molecule has 3 rings (SSSR count). The maximum absolute atomic E-state index is 12.5. The quantitative estimate of drug-likeness (QED) is 0.929. The van der Waals surface area contributed by atoms with Gasteiger partial charge in [-0.3, -0.25) is 9.59 Å². The summed E-state index contributed by atoms with van der Waals surface area (Å²) >= 11 is 0. The van der Waals surface area contributed by atoms with Gasteiger partial charge in [0.25, 0.3) is 5.91 Å². The molecule has 0 aliphatic carbocycles. The summed E-state index contributed by atoms with van der Waals surface area (Å²) in [5.74, 6) is 0.807. The van der Waals surface area contributed by atoms with Crippen LogP contribution in [0.3, 0.4) is 0 Å². The molecule has 2 heterocycles. The number of fused-ring (bicyclic) bond motifs is 1. The smallest absolute Gasteiger partial charge is 0.262 e. The Morgan fingerprint density at radius 1 is 1.39 bits per heavy atom. The van der Waals surface area contributed by atoms with Gasteiger partial charge in [-0.2, -0.15) is 0 Å². The molecule has 0 bridgehead atoms. The first-order valence-corrected chi connectivity index (χ1v) is 8.52. The standard InChI is InChI=1S/C18H24N2O3/c1-2-14-5-3-4-10-20(14)18(22)9-7-13-6-8-16-15(11-13)19-17(21)12-23-16/h6,8,11,14H,2-5,7,9-10,12H2,1H3,(H,19,21). The minimum Gasteiger partial charge on any atom is -0.482 e. The number of likely N-dealkylation sites (tertiary alicyclic amines) is 1. The SMILES string of the molecule is CCC1CCCCN1C(=O)CCc1ccc2c(c1)NC(=O)CO2. The summed E-state index contributed by atoms with van der Waals surface area (Å²) in [7, 11) is 0. The van der Waals surface area contributed by atoms with E-state index in [0.717, 1.165) is 31.4 Å². The van der Waals surface area contributed by atoms with E-state index in [2.05, 4.69) is 17.1 Å². The molecule has 1 aromatic carbocycles. The van der Waals surface area contributed by atoms with Crippen molar-refractivity contribution in [3.8, 4) is 5.75 Å². The molecule has 0 saturated carbocycles. The van der Waals surface area contributed by atoms with Gasteiger partial charge in [-0.15, -0.1) is 0 Å². The van der Waals surface area contributed by atoms with Crippen molar-refractivity contribution >= 4 is 17.5 Å². The summed E-state index contributed by atoms with van der Waals surface area (Å²) in [6.07, 6.45) is 5.72. The van der Waals surface area contributed by atoms with Crippen LogP contribution in [-0.4, -0.2) is 35.9 Å². The lowest BCUT2D eigenvalue weighted by molar-refractivity contribution is -0.134. The molecule has 124 valence electrons. The highest BCUT2D eigenvalue weighted by Gasteiger charge is 2.25. The molecule has 1 fully saturated rings. The third kappa shape index (κ3) is 3.66. The van der Waals surface area contributed by atoms with Crippen LogP contribution in [0.15, 0.2) is 18.2 Å². The van der Waals surface area contributed by atoms with Crippen LogP contribution in [0.2, 0.25) is 0 Å². The van der Waals surface area contributed by atoms with Crippen LogP contribution in [0.1, 0.15) is 44.6 Å². The number of hydrogen-bond acceptors (Lipinski definition) is 3. The number of nitrogens with zero attached hydrogens (tertiary/aromatic N) is 1. The Balaban J connectivity index is 1.60. The Bertz CT molecular complexity index is 600. The van der Waals surface area contributed by atoms with Gasteiger partial charge < -0.3 is 15.0 Å². The second kappa shape index (κ2) is 7.02. The van der Waals surface area contributed by atoms with Gasteiger partial charge in [-0.05, 0) is 49.8 Å². The van der Waals surface area contributed by atoms with Crippen LogP contribution >= 0.6 is 0 Å². The number of piperidine rings is 1. The monoisotopic (exact) mass is 316 g/mol. The fourth-order valence-electron chi connectivity index (χ4n) is 3.43. The second-order valence-corrected chi connectivity index (χ2v) is 6.31. The molecule has 2 aliphatic heterocycles. The predicted octanol–water partition coefficient (Wildman–Crippen LogP) is 2.74. The number of carbonyl (C=O) groups excluding carboxylic acids is 2. The Hall–Kier alpha value is -2.04. The van der Waals surface area contributed by atoms with Crippen LogP contribution in [0.25, 0.3) is 0 Å². The highest BCUT2D eigenvalue weighted by atomic mass is 16.5. The summed E-state index contributed by atoms with van der Waals surface area (Å²) < 4.78 is 5.35. The van der Waals surface area contributed by atoms with Gasteiger partial charge in [0.15, 0.2) is 6.61 Å². The van der Waals surface area contributed by atoms with Crippen molar-refractivity contribution in [2.75, 3.05) is 18.5 Å². The van der Waals surface area contributed by atoms with Crippen molar-refractivity contribution < 1.29 is 14.3 Å². The van der Waals surface area contributed by atoms with E-state index in [9.17, 15) is 9.59 Å². The normalized spacial score (nSPS) is 20.5. The molecule has 0 radical (unpaired) electrons. The van der Waals surface area contributed by atoms with E-state index in [1.165, 1.54) is 6.42 Å². The van der Waals surface area contributed by atoms with Crippen molar-refractivity contribution in [2.24, 2.45) is 0 Å². The topological polar surface area (TPSA) is 58.6 Å². The molecule has 1 N–H and O–H groups in total. The predicted molar refractivity (Wildman–Crippen MR) is 88.5 cm³/mol. The summed E-state index contributed by atoms with van der Waals surface area (Å²) in [4.78, 5) is 26.0. The number of hydrogen-bond donors (Lipinski definition) is 1. The van der Waals surface area contributed by atoms with Crippen molar-refractivity contribution in [2.45, 2.75) is 51.5 Å². The molecule has 1 unspecified atom stereocenters. The molecule has 1 atom stereocenters. The van der Waals surface area contributed by atoms with Gasteiger partial charge >= 0.3 is 0 Å². The molecule has 0 aromatic heterocycles. The van der Waals surface area contributed by atoms with E-state index in [-0.39, 0.29) is 18.4 Å². The number of anilines is 1. The van der Waals surface area contributed by atoms with E-state index >= 15 is 0 Å². The number of aryl methyl sites for hydroxylation is 1. The molecule has 1 aromatic rings. The summed E-state index contributed by atoms with van der Waals surface area (Å²) in [6, 6.07) is 6.15. The van der Waals surface area contributed by atoms with E-state index < -0.39 is 0 Å². The first-order valence-electron chi connectivity index (χ1n) is 8.52. The molecule has 2 amide bonds. The van der Waals surface area contributed by atoms with Crippen molar-refractivity contribution in [3.63, 3.8) is 0 Å². The van der Waals surface area contributed by atoms with Crippen LogP contribution in [0.5, 0.6) is 5.75 Å². The second-order valence-electron chi connectivity index (χ2n) is 6.31. The number of benzene rings is 1. The number of amides is 2. The Morgan fingerprint density at radius 3 is 3.09 bits per heavy atom. The maximum atomic E-state index is 12.5. The first kappa shape index (κ1) is 15.8. The lowest BCUT2D eigenvalue weighted by Gasteiger charge is -2.35. The lowest BCUT2D eigenvalue weighted by Crippen LogP contribution is -2.43. The average Bonchev–Trinajstić information content (AvgIpc) is 2.59. The van der Waals surface area contributed by atoms with Gasteiger partial charge in [-0.25, -0.2) is 0 Å². The Morgan fingerprint density at radius 2 is 2.26 bits per heavy atom. The molecule has 23 heavy (non-hydrogen) atoms. The molecule has 0 spiro atoms. The molecule has 2 aliphatic rings. The van der Waals surface area contributed by atoms with Gasteiger partial charge in [0, 0.05) is 19.0 Å². The first-order chi connectivity index (χ1) is 11.2. The van der Waals surface area contributed by atoms with Gasteiger partial charge in [0.1, 0.15) is 5.75 Å². The number of ether oxygens (including phenoxy) is 1. The van der Waals surface area contributed by atoms with E-state index in [4.69, 9.17) is 4.74 Å². The van der Waals surface area contributed by atoms with Gasteiger partial charge in [-0.1, -0.05) is 13.0 Å². The molecule has 5 nitrogen and oxygen atoms in total. The summed E-state index contributed by atoms with van der Waals surface area (Å²) in [5.41, 5.74) is 1.75.